The lowest BCUT2D eigenvalue weighted by Gasteiger charge is -2.18. The van der Waals surface area contributed by atoms with E-state index in [9.17, 15) is 9.90 Å². The van der Waals surface area contributed by atoms with E-state index < -0.39 is 0 Å². The van der Waals surface area contributed by atoms with Crippen molar-refractivity contribution in [3.63, 3.8) is 0 Å². The number of methoxy groups -OCH3 is 1. The Morgan fingerprint density at radius 3 is 2.76 bits per heavy atom. The Hall–Kier alpha value is -1.30. The van der Waals surface area contributed by atoms with Crippen LogP contribution >= 0.6 is 11.6 Å². The van der Waals surface area contributed by atoms with Crippen molar-refractivity contribution in [1.82, 2.24) is 4.90 Å². The highest BCUT2D eigenvalue weighted by Crippen LogP contribution is 2.30. The third-order valence-corrected chi connectivity index (χ3v) is 3.50. The summed E-state index contributed by atoms with van der Waals surface area (Å²) in [7, 11) is 3.37. The van der Waals surface area contributed by atoms with E-state index in [1.807, 2.05) is 18.9 Å². The third kappa shape index (κ3) is 5.91. The summed E-state index contributed by atoms with van der Waals surface area (Å²) in [6.07, 6.45) is 0.266. The molecule has 1 aromatic carbocycles. The molecule has 0 bridgehead atoms. The van der Waals surface area contributed by atoms with E-state index in [0.717, 1.165) is 5.56 Å². The zero-order chi connectivity index (χ0) is 16.0. The van der Waals surface area contributed by atoms with Crippen LogP contribution in [0.1, 0.15) is 18.9 Å². The van der Waals surface area contributed by atoms with E-state index in [1.165, 1.54) is 7.11 Å². The number of carbonyl (C=O) groups excluding carboxylic acids is 1. The summed E-state index contributed by atoms with van der Waals surface area (Å²) in [5, 5.41) is 12.7. The van der Waals surface area contributed by atoms with Crippen molar-refractivity contribution in [1.29, 1.82) is 0 Å². The average Bonchev–Trinajstić information content (AvgIpc) is 2.40. The predicted octanol–water partition coefficient (Wildman–Crippen LogP) is 2.30. The van der Waals surface area contributed by atoms with Gasteiger partial charge in [-0.25, -0.2) is 0 Å². The normalized spacial score (nSPS) is 12.3. The second kappa shape index (κ2) is 8.22. The first-order valence-electron chi connectivity index (χ1n) is 6.84. The summed E-state index contributed by atoms with van der Waals surface area (Å²) in [5.41, 5.74) is 1.48. The molecule has 1 amide bonds. The van der Waals surface area contributed by atoms with Gasteiger partial charge in [-0.05, 0) is 38.9 Å². The van der Waals surface area contributed by atoms with Crippen LogP contribution in [-0.2, 0) is 4.79 Å². The molecule has 0 aliphatic rings. The molecule has 0 heterocycles. The van der Waals surface area contributed by atoms with Crippen molar-refractivity contribution in [2.24, 2.45) is 0 Å². The highest BCUT2D eigenvalue weighted by atomic mass is 35.5. The van der Waals surface area contributed by atoms with Gasteiger partial charge in [-0.15, -0.1) is 0 Å². The zero-order valence-corrected chi connectivity index (χ0v) is 13.7. The third-order valence-electron chi connectivity index (χ3n) is 3.10. The molecule has 0 spiro atoms. The fraction of sp³-hybridized carbons (Fsp3) is 0.533. The van der Waals surface area contributed by atoms with Crippen LogP contribution in [0.3, 0.4) is 0 Å². The van der Waals surface area contributed by atoms with Crippen LogP contribution in [0.25, 0.3) is 0 Å². The van der Waals surface area contributed by atoms with E-state index in [2.05, 4.69) is 5.32 Å². The molecule has 21 heavy (non-hydrogen) atoms. The van der Waals surface area contributed by atoms with E-state index in [4.69, 9.17) is 16.3 Å². The number of hydrogen-bond donors (Lipinski definition) is 2. The number of likely N-dealkylation sites (N-methyl/N-ethyl adjacent to an activating group) is 1. The summed E-state index contributed by atoms with van der Waals surface area (Å²) >= 11 is 6.03. The number of aliphatic hydroxyl groups excluding tert-OH is 1. The standard InChI is InChI=1S/C15H23ClN2O3/c1-10-7-13(14(21-4)8-12(10)16)17-15(20)9-18(3)6-5-11(2)19/h7-8,11,19H,5-6,9H2,1-4H3,(H,17,20). The highest BCUT2D eigenvalue weighted by Gasteiger charge is 2.12. The second-order valence-corrected chi connectivity index (χ2v) is 5.63. The van der Waals surface area contributed by atoms with Gasteiger partial charge in [0.25, 0.3) is 0 Å². The minimum absolute atomic E-state index is 0.136. The number of anilines is 1. The summed E-state index contributed by atoms with van der Waals surface area (Å²) in [6, 6.07) is 3.47. The van der Waals surface area contributed by atoms with Gasteiger partial charge in [-0.1, -0.05) is 11.6 Å². The van der Waals surface area contributed by atoms with Gasteiger partial charge in [0.2, 0.25) is 5.91 Å². The number of aryl methyl sites for hydroxylation is 1. The lowest BCUT2D eigenvalue weighted by molar-refractivity contribution is -0.117. The van der Waals surface area contributed by atoms with Gasteiger partial charge in [0, 0.05) is 17.6 Å². The van der Waals surface area contributed by atoms with Crippen LogP contribution in [-0.4, -0.2) is 49.3 Å². The molecule has 2 N–H and O–H groups in total. The van der Waals surface area contributed by atoms with E-state index in [-0.39, 0.29) is 18.6 Å². The Morgan fingerprint density at radius 1 is 1.52 bits per heavy atom. The Balaban J connectivity index is 2.64. The van der Waals surface area contributed by atoms with Crippen LogP contribution in [0.4, 0.5) is 5.69 Å². The number of amides is 1. The largest absolute Gasteiger partial charge is 0.495 e. The van der Waals surface area contributed by atoms with Gasteiger partial charge in [-0.3, -0.25) is 9.69 Å². The maximum atomic E-state index is 12.0. The smallest absolute Gasteiger partial charge is 0.238 e. The molecule has 0 aliphatic carbocycles. The molecule has 118 valence electrons. The molecule has 1 atom stereocenters. The maximum absolute atomic E-state index is 12.0. The number of hydrogen-bond acceptors (Lipinski definition) is 4. The molecule has 1 aromatic rings. The number of aliphatic hydroxyl groups is 1. The Morgan fingerprint density at radius 2 is 2.19 bits per heavy atom. The fourth-order valence-electron chi connectivity index (χ4n) is 1.85. The van der Waals surface area contributed by atoms with Crippen molar-refractivity contribution in [2.75, 3.05) is 32.6 Å². The molecule has 0 fully saturated rings. The molecule has 6 heteroatoms. The van der Waals surface area contributed by atoms with E-state index in [1.54, 1.807) is 19.1 Å². The zero-order valence-electron chi connectivity index (χ0n) is 12.9. The summed E-state index contributed by atoms with van der Waals surface area (Å²) < 4.78 is 5.22. The number of halogens is 1. The van der Waals surface area contributed by atoms with Crippen molar-refractivity contribution in [2.45, 2.75) is 26.4 Å². The molecule has 1 rings (SSSR count). The fourth-order valence-corrected chi connectivity index (χ4v) is 2.00. The van der Waals surface area contributed by atoms with Gasteiger partial charge in [0.1, 0.15) is 5.75 Å². The molecule has 0 radical (unpaired) electrons. The number of rotatable bonds is 7. The quantitative estimate of drug-likeness (QED) is 0.810. The number of nitrogens with one attached hydrogen (secondary N) is 1. The van der Waals surface area contributed by atoms with Crippen LogP contribution in [0.5, 0.6) is 5.75 Å². The first kappa shape index (κ1) is 17.8. The lowest BCUT2D eigenvalue weighted by Crippen LogP contribution is -2.32. The molecule has 0 aliphatic heterocycles. The summed E-state index contributed by atoms with van der Waals surface area (Å²) in [6.45, 7) is 4.50. The minimum atomic E-state index is -0.366. The van der Waals surface area contributed by atoms with Gasteiger partial charge < -0.3 is 15.2 Å². The van der Waals surface area contributed by atoms with Gasteiger partial charge >= 0.3 is 0 Å². The first-order valence-corrected chi connectivity index (χ1v) is 7.22. The SMILES string of the molecule is COc1cc(Cl)c(C)cc1NC(=O)CN(C)CCC(C)O. The molecule has 5 nitrogen and oxygen atoms in total. The molecule has 1 unspecified atom stereocenters. The van der Waals surface area contributed by atoms with Crippen LogP contribution in [0, 0.1) is 6.92 Å². The van der Waals surface area contributed by atoms with Gasteiger partial charge in [-0.2, -0.15) is 0 Å². The molecular formula is C15H23ClN2O3. The number of benzene rings is 1. The second-order valence-electron chi connectivity index (χ2n) is 5.23. The minimum Gasteiger partial charge on any atom is -0.495 e. The molecule has 0 aromatic heterocycles. The Kier molecular flexibility index (Phi) is 6.95. The maximum Gasteiger partial charge on any atom is 0.238 e. The van der Waals surface area contributed by atoms with Crippen LogP contribution in [0.15, 0.2) is 12.1 Å². The number of ether oxygens (including phenoxy) is 1. The monoisotopic (exact) mass is 314 g/mol. The topological polar surface area (TPSA) is 61.8 Å². The van der Waals surface area contributed by atoms with Crippen LogP contribution < -0.4 is 10.1 Å². The number of carbonyl (C=O) groups is 1. The van der Waals surface area contributed by atoms with Gasteiger partial charge in [0.05, 0.1) is 25.4 Å². The van der Waals surface area contributed by atoms with E-state index in [0.29, 0.717) is 29.4 Å². The van der Waals surface area contributed by atoms with Crippen LogP contribution in [0.2, 0.25) is 5.02 Å². The van der Waals surface area contributed by atoms with Gasteiger partial charge in [0.15, 0.2) is 0 Å². The van der Waals surface area contributed by atoms with Crippen molar-refractivity contribution in [3.8, 4) is 5.75 Å². The Bertz CT molecular complexity index is 492. The van der Waals surface area contributed by atoms with Crippen molar-refractivity contribution in [3.05, 3.63) is 22.7 Å². The Labute approximate surface area is 130 Å². The van der Waals surface area contributed by atoms with E-state index >= 15 is 0 Å². The molecule has 0 saturated heterocycles. The number of nitrogens with zero attached hydrogens (tertiary/aromatic N) is 1. The summed E-state index contributed by atoms with van der Waals surface area (Å²) in [4.78, 5) is 13.9. The molecular weight excluding hydrogens is 292 g/mol. The summed E-state index contributed by atoms with van der Waals surface area (Å²) in [5.74, 6) is 0.397. The predicted molar refractivity (Wildman–Crippen MR) is 85.2 cm³/mol. The van der Waals surface area contributed by atoms with Crippen molar-refractivity contribution >= 4 is 23.2 Å². The average molecular weight is 315 g/mol. The van der Waals surface area contributed by atoms with Crippen molar-refractivity contribution < 1.29 is 14.6 Å². The lowest BCUT2D eigenvalue weighted by atomic mass is 10.2. The highest BCUT2D eigenvalue weighted by molar-refractivity contribution is 6.31. The first-order chi connectivity index (χ1) is 9.83. The molecule has 0 saturated carbocycles.